The van der Waals surface area contributed by atoms with E-state index < -0.39 is 0 Å². The molecule has 9 heteroatoms. The minimum atomic E-state index is -0.357. The maximum absolute atomic E-state index is 15.3. The van der Waals surface area contributed by atoms with E-state index >= 15 is 4.39 Å². The summed E-state index contributed by atoms with van der Waals surface area (Å²) in [7, 11) is 0. The Morgan fingerprint density at radius 3 is 2.52 bits per heavy atom. The Morgan fingerprint density at radius 2 is 1.65 bits per heavy atom. The van der Waals surface area contributed by atoms with Crippen LogP contribution in [0.5, 0.6) is 0 Å². The molecular weight excluding hydrogens is 503 g/mol. The summed E-state index contributed by atoms with van der Waals surface area (Å²) in [4.78, 5) is 21.1. The SMILES string of the molecule is Fc1cc2[nH]nc(-c3nc4nccc(-c5cccnc5)c4[nH]3)c2cc1-c1cncc(CNCc2ccccc2)c1. The monoisotopic (exact) mass is 526 g/mol. The van der Waals surface area contributed by atoms with Gasteiger partial charge in [-0.2, -0.15) is 5.10 Å². The number of hydrogen-bond acceptors (Lipinski definition) is 6. The van der Waals surface area contributed by atoms with Crippen molar-refractivity contribution < 1.29 is 4.39 Å². The van der Waals surface area contributed by atoms with Gasteiger partial charge in [-0.05, 0) is 35.4 Å². The zero-order chi connectivity index (χ0) is 26.9. The molecule has 5 heterocycles. The second-order valence-electron chi connectivity index (χ2n) is 9.51. The van der Waals surface area contributed by atoms with Crippen molar-refractivity contribution in [2.24, 2.45) is 0 Å². The molecule has 0 aliphatic heterocycles. The summed E-state index contributed by atoms with van der Waals surface area (Å²) in [5, 5.41) is 11.6. The van der Waals surface area contributed by atoms with Gasteiger partial charge in [-0.3, -0.25) is 15.1 Å². The minimum absolute atomic E-state index is 0.357. The first-order chi connectivity index (χ1) is 19.7. The van der Waals surface area contributed by atoms with E-state index in [1.54, 1.807) is 37.1 Å². The zero-order valence-electron chi connectivity index (χ0n) is 21.3. The lowest BCUT2D eigenvalue weighted by atomic mass is 10.0. The van der Waals surface area contributed by atoms with E-state index in [0.717, 1.165) is 34.1 Å². The van der Waals surface area contributed by atoms with Crippen molar-refractivity contribution in [1.82, 2.24) is 40.4 Å². The lowest BCUT2D eigenvalue weighted by molar-refractivity contribution is 0.632. The summed E-state index contributed by atoms with van der Waals surface area (Å²) in [6, 6.07) is 21.2. The Labute approximate surface area is 228 Å². The summed E-state index contributed by atoms with van der Waals surface area (Å²) in [5.74, 6) is 0.184. The van der Waals surface area contributed by atoms with E-state index in [2.05, 4.69) is 47.6 Å². The number of aromatic amines is 2. The van der Waals surface area contributed by atoms with Crippen LogP contribution in [0.25, 0.3) is 55.8 Å². The molecule has 0 amide bonds. The number of H-pyrrole nitrogens is 2. The van der Waals surface area contributed by atoms with E-state index in [0.29, 0.717) is 40.4 Å². The van der Waals surface area contributed by atoms with Crippen LogP contribution in [0.15, 0.2) is 97.7 Å². The van der Waals surface area contributed by atoms with Crippen molar-refractivity contribution in [3.05, 3.63) is 115 Å². The number of pyridine rings is 3. The van der Waals surface area contributed by atoms with Crippen molar-refractivity contribution in [1.29, 1.82) is 0 Å². The molecule has 0 aliphatic rings. The van der Waals surface area contributed by atoms with Gasteiger partial charge in [0.1, 0.15) is 11.5 Å². The molecule has 0 saturated heterocycles. The first-order valence-corrected chi connectivity index (χ1v) is 12.8. The molecule has 5 aromatic heterocycles. The van der Waals surface area contributed by atoms with Crippen LogP contribution in [-0.2, 0) is 13.1 Å². The largest absolute Gasteiger partial charge is 0.335 e. The molecule has 0 spiro atoms. The summed E-state index contributed by atoms with van der Waals surface area (Å²) >= 11 is 0. The third kappa shape index (κ3) is 4.48. The van der Waals surface area contributed by atoms with Gasteiger partial charge in [0.25, 0.3) is 0 Å². The van der Waals surface area contributed by atoms with E-state index in [1.165, 1.54) is 11.6 Å². The van der Waals surface area contributed by atoms with E-state index in [-0.39, 0.29) is 5.82 Å². The zero-order valence-corrected chi connectivity index (χ0v) is 21.3. The highest BCUT2D eigenvalue weighted by atomic mass is 19.1. The molecule has 7 aromatic rings. The van der Waals surface area contributed by atoms with Gasteiger partial charge >= 0.3 is 0 Å². The van der Waals surface area contributed by atoms with Gasteiger partial charge in [-0.15, -0.1) is 0 Å². The summed E-state index contributed by atoms with van der Waals surface area (Å²) in [6.45, 7) is 1.35. The first-order valence-electron chi connectivity index (χ1n) is 12.8. The third-order valence-electron chi connectivity index (χ3n) is 6.85. The Morgan fingerprint density at radius 1 is 0.775 bits per heavy atom. The topological polar surface area (TPSA) is 108 Å². The fourth-order valence-electron chi connectivity index (χ4n) is 4.90. The molecule has 0 fully saturated rings. The molecule has 0 bridgehead atoms. The van der Waals surface area contributed by atoms with E-state index in [1.807, 2.05) is 42.5 Å². The number of nitrogens with one attached hydrogen (secondary N) is 3. The maximum Gasteiger partial charge on any atom is 0.178 e. The van der Waals surface area contributed by atoms with Crippen LogP contribution < -0.4 is 5.32 Å². The summed E-state index contributed by atoms with van der Waals surface area (Å²) in [6.07, 6.45) is 8.73. The summed E-state index contributed by atoms with van der Waals surface area (Å²) < 4.78 is 15.3. The second kappa shape index (κ2) is 10.1. The van der Waals surface area contributed by atoms with Gasteiger partial charge in [0.05, 0.1) is 11.0 Å². The van der Waals surface area contributed by atoms with Crippen molar-refractivity contribution in [2.45, 2.75) is 13.1 Å². The van der Waals surface area contributed by atoms with E-state index in [9.17, 15) is 0 Å². The van der Waals surface area contributed by atoms with Crippen LogP contribution in [0.3, 0.4) is 0 Å². The number of imidazole rings is 1. The quantitative estimate of drug-likeness (QED) is 0.233. The molecule has 194 valence electrons. The van der Waals surface area contributed by atoms with Gasteiger partial charge in [-0.25, -0.2) is 14.4 Å². The Balaban J connectivity index is 1.23. The molecule has 2 aromatic carbocycles. The van der Waals surface area contributed by atoms with Gasteiger partial charge in [0.2, 0.25) is 0 Å². The van der Waals surface area contributed by atoms with Crippen molar-refractivity contribution in [3.63, 3.8) is 0 Å². The van der Waals surface area contributed by atoms with Crippen molar-refractivity contribution in [3.8, 4) is 33.8 Å². The molecule has 7 rings (SSSR count). The molecule has 0 saturated carbocycles. The van der Waals surface area contributed by atoms with E-state index in [4.69, 9.17) is 4.98 Å². The highest BCUT2D eigenvalue weighted by Gasteiger charge is 2.18. The second-order valence-corrected chi connectivity index (χ2v) is 9.51. The maximum atomic E-state index is 15.3. The predicted octanol–water partition coefficient (Wildman–Crippen LogP) is 6.05. The fourth-order valence-corrected chi connectivity index (χ4v) is 4.90. The number of rotatable bonds is 7. The van der Waals surface area contributed by atoms with Gasteiger partial charge in [0, 0.05) is 77.8 Å². The van der Waals surface area contributed by atoms with Crippen LogP contribution >= 0.6 is 0 Å². The normalized spacial score (nSPS) is 11.4. The molecule has 40 heavy (non-hydrogen) atoms. The molecule has 8 nitrogen and oxygen atoms in total. The Hall–Kier alpha value is -5.28. The van der Waals surface area contributed by atoms with Crippen LogP contribution in [0.1, 0.15) is 11.1 Å². The average Bonchev–Trinajstić information content (AvgIpc) is 3.61. The molecule has 0 atom stereocenters. The number of fused-ring (bicyclic) bond motifs is 2. The summed E-state index contributed by atoms with van der Waals surface area (Å²) in [5.41, 5.74) is 7.69. The smallest absolute Gasteiger partial charge is 0.178 e. The number of aromatic nitrogens is 7. The van der Waals surface area contributed by atoms with Crippen LogP contribution in [0, 0.1) is 5.82 Å². The standard InChI is InChI=1S/C31H23FN8/c32-26-13-27-25(12-24(26)22-11-20(16-35-18-22)15-34-14-19-5-2-1-3-6-19)29(40-39-27)31-37-28-23(8-10-36-30(28)38-31)21-7-4-9-33-17-21/h1-13,16-18,34H,14-15H2,(H,39,40)(H,36,37,38). The van der Waals surface area contributed by atoms with Crippen LogP contribution in [-0.4, -0.2) is 35.1 Å². The third-order valence-corrected chi connectivity index (χ3v) is 6.85. The highest BCUT2D eigenvalue weighted by molar-refractivity contribution is 5.97. The lowest BCUT2D eigenvalue weighted by Crippen LogP contribution is -2.12. The van der Waals surface area contributed by atoms with Crippen LogP contribution in [0.4, 0.5) is 4.39 Å². The number of nitrogens with zero attached hydrogens (tertiary/aromatic N) is 5. The van der Waals surface area contributed by atoms with Gasteiger partial charge in [-0.1, -0.05) is 36.4 Å². The number of benzene rings is 2. The van der Waals surface area contributed by atoms with Crippen LogP contribution in [0.2, 0.25) is 0 Å². The predicted molar refractivity (Wildman–Crippen MR) is 152 cm³/mol. The Kier molecular flexibility index (Phi) is 6.02. The Bertz CT molecular complexity index is 1950. The lowest BCUT2D eigenvalue weighted by Gasteiger charge is -2.08. The molecule has 0 unspecified atom stereocenters. The van der Waals surface area contributed by atoms with Crippen molar-refractivity contribution in [2.75, 3.05) is 0 Å². The first kappa shape index (κ1) is 23.8. The minimum Gasteiger partial charge on any atom is -0.335 e. The fraction of sp³-hybridized carbons (Fsp3) is 0.0645. The molecule has 0 radical (unpaired) electrons. The molecule has 3 N–H and O–H groups in total. The van der Waals surface area contributed by atoms with Gasteiger partial charge < -0.3 is 10.3 Å². The average molecular weight is 527 g/mol. The number of hydrogen-bond donors (Lipinski definition) is 3. The van der Waals surface area contributed by atoms with Gasteiger partial charge in [0.15, 0.2) is 11.5 Å². The highest BCUT2D eigenvalue weighted by Crippen LogP contribution is 2.33. The number of halogens is 1. The molecule has 0 aliphatic carbocycles. The molecular formula is C31H23FN8. The van der Waals surface area contributed by atoms with Crippen molar-refractivity contribution >= 4 is 22.1 Å².